The number of nitrogens with one attached hydrogen (secondary N) is 2. The molecule has 0 unspecified atom stereocenters. The van der Waals surface area contributed by atoms with E-state index in [1.54, 1.807) is 18.2 Å². The van der Waals surface area contributed by atoms with Gasteiger partial charge in [-0.3, -0.25) is 15.0 Å². The van der Waals surface area contributed by atoms with Gasteiger partial charge in [-0.25, -0.2) is 9.37 Å². The van der Waals surface area contributed by atoms with Gasteiger partial charge in [-0.15, -0.1) is 0 Å². The molecule has 0 amide bonds. The second kappa shape index (κ2) is 5.70. The predicted molar refractivity (Wildman–Crippen MR) is 98.7 cm³/mol. The number of hydrogen-bond acceptors (Lipinski definition) is 2. The molecule has 2 aromatic heterocycles. The summed E-state index contributed by atoms with van der Waals surface area (Å²) in [6.45, 7) is 4.06. The number of pyridine rings is 1. The number of halogens is 2. The fourth-order valence-corrected chi connectivity index (χ4v) is 3.64. The maximum Gasteiger partial charge on any atom is 0.271 e. The van der Waals surface area contributed by atoms with Gasteiger partial charge < -0.3 is 0 Å². The van der Waals surface area contributed by atoms with Gasteiger partial charge in [0, 0.05) is 10.9 Å². The largest absolute Gasteiger partial charge is 0.297 e. The van der Waals surface area contributed by atoms with Crippen molar-refractivity contribution in [1.29, 1.82) is 0 Å². The third kappa shape index (κ3) is 2.51. The molecular formula is C19H15ClFN3O. The Labute approximate surface area is 147 Å². The molecule has 6 heteroatoms. The Morgan fingerprint density at radius 2 is 1.80 bits per heavy atom. The van der Waals surface area contributed by atoms with E-state index in [1.165, 1.54) is 12.1 Å². The fourth-order valence-electron chi connectivity index (χ4n) is 3.23. The Hall–Kier alpha value is -2.66. The van der Waals surface area contributed by atoms with Crippen molar-refractivity contribution in [1.82, 2.24) is 15.2 Å². The molecule has 2 aromatic carbocycles. The highest BCUT2D eigenvalue weighted by Gasteiger charge is 2.19. The Kier molecular flexibility index (Phi) is 3.62. The van der Waals surface area contributed by atoms with Gasteiger partial charge in [-0.1, -0.05) is 37.6 Å². The van der Waals surface area contributed by atoms with Crippen molar-refractivity contribution in [2.75, 3.05) is 0 Å². The van der Waals surface area contributed by atoms with Gasteiger partial charge in [0.1, 0.15) is 11.0 Å². The number of nitrogens with zero attached hydrogens (tertiary/aromatic N) is 1. The summed E-state index contributed by atoms with van der Waals surface area (Å²) in [7, 11) is 0. The number of aromatic amines is 2. The standard InChI is InChI=1S/C19H15ClFN3O/c1-9(2)16-17(10-3-5-11(21)6-4-10)12-7-13-15(23-24-19(13)25)8-14(12)22-18(16)20/h3-9H,1-2H3,(H2,23,24,25). The molecule has 0 bridgehead atoms. The molecule has 0 saturated heterocycles. The minimum Gasteiger partial charge on any atom is -0.297 e. The summed E-state index contributed by atoms with van der Waals surface area (Å²) < 4.78 is 13.4. The Morgan fingerprint density at radius 3 is 2.48 bits per heavy atom. The lowest BCUT2D eigenvalue weighted by Crippen LogP contribution is -2.00. The van der Waals surface area contributed by atoms with Crippen LogP contribution in [0, 0.1) is 5.82 Å². The smallest absolute Gasteiger partial charge is 0.271 e. The average molecular weight is 356 g/mol. The number of rotatable bonds is 2. The number of fused-ring (bicyclic) bond motifs is 2. The molecule has 0 saturated carbocycles. The molecule has 2 heterocycles. The van der Waals surface area contributed by atoms with Gasteiger partial charge in [-0.05, 0) is 41.3 Å². The van der Waals surface area contributed by atoms with Crippen molar-refractivity contribution < 1.29 is 4.39 Å². The van der Waals surface area contributed by atoms with Gasteiger partial charge >= 0.3 is 0 Å². The maximum absolute atomic E-state index is 13.4. The monoisotopic (exact) mass is 355 g/mol. The normalized spacial score (nSPS) is 11.7. The fraction of sp³-hybridized carbons (Fsp3) is 0.158. The molecular weight excluding hydrogens is 341 g/mol. The first-order valence-electron chi connectivity index (χ1n) is 7.95. The van der Waals surface area contributed by atoms with Crippen molar-refractivity contribution >= 4 is 33.4 Å². The van der Waals surface area contributed by atoms with Crippen molar-refractivity contribution in [3.8, 4) is 11.1 Å². The SMILES string of the molecule is CC(C)c1c(Cl)nc2cc3[nH][nH]c(=O)c3cc2c1-c1ccc(F)cc1. The lowest BCUT2D eigenvalue weighted by molar-refractivity contribution is 0.628. The molecule has 2 N–H and O–H groups in total. The summed E-state index contributed by atoms with van der Waals surface area (Å²) in [6, 6.07) is 9.89. The van der Waals surface area contributed by atoms with Gasteiger partial charge in [0.05, 0.1) is 16.4 Å². The van der Waals surface area contributed by atoms with Crippen molar-refractivity contribution in [2.45, 2.75) is 19.8 Å². The Morgan fingerprint density at radius 1 is 1.08 bits per heavy atom. The van der Waals surface area contributed by atoms with E-state index in [-0.39, 0.29) is 17.3 Å². The van der Waals surface area contributed by atoms with Crippen LogP contribution >= 0.6 is 11.6 Å². The van der Waals surface area contributed by atoms with E-state index in [4.69, 9.17) is 11.6 Å². The van der Waals surface area contributed by atoms with Crippen LogP contribution in [0.2, 0.25) is 5.15 Å². The van der Waals surface area contributed by atoms with Gasteiger partial charge in [-0.2, -0.15) is 0 Å². The van der Waals surface area contributed by atoms with E-state index in [0.717, 1.165) is 22.1 Å². The number of aromatic nitrogens is 3. The second-order valence-electron chi connectivity index (χ2n) is 6.35. The summed E-state index contributed by atoms with van der Waals surface area (Å²) >= 11 is 6.48. The molecule has 0 aliphatic rings. The van der Waals surface area contributed by atoms with Crippen LogP contribution in [0.4, 0.5) is 4.39 Å². The van der Waals surface area contributed by atoms with Gasteiger partial charge in [0.15, 0.2) is 0 Å². The van der Waals surface area contributed by atoms with E-state index >= 15 is 0 Å². The highest BCUT2D eigenvalue weighted by atomic mass is 35.5. The van der Waals surface area contributed by atoms with Crippen LogP contribution in [-0.2, 0) is 0 Å². The molecule has 0 aliphatic carbocycles. The van der Waals surface area contributed by atoms with Crippen LogP contribution in [-0.4, -0.2) is 15.2 Å². The zero-order chi connectivity index (χ0) is 17.7. The first kappa shape index (κ1) is 15.8. The van der Waals surface area contributed by atoms with Crippen LogP contribution in [0.3, 0.4) is 0 Å². The van der Waals surface area contributed by atoms with E-state index in [9.17, 15) is 9.18 Å². The van der Waals surface area contributed by atoms with E-state index < -0.39 is 0 Å². The number of H-pyrrole nitrogens is 2. The van der Waals surface area contributed by atoms with E-state index in [0.29, 0.717) is 21.6 Å². The van der Waals surface area contributed by atoms with Gasteiger partial charge in [0.25, 0.3) is 5.56 Å². The van der Waals surface area contributed by atoms with Gasteiger partial charge in [0.2, 0.25) is 0 Å². The topological polar surface area (TPSA) is 61.5 Å². The molecule has 4 rings (SSSR count). The minimum atomic E-state index is -0.302. The van der Waals surface area contributed by atoms with Crippen LogP contribution in [0.25, 0.3) is 32.9 Å². The van der Waals surface area contributed by atoms with Crippen molar-refractivity contribution in [3.63, 3.8) is 0 Å². The third-order valence-corrected chi connectivity index (χ3v) is 4.67. The molecule has 4 aromatic rings. The Balaban J connectivity index is 2.19. The first-order chi connectivity index (χ1) is 12.0. The zero-order valence-electron chi connectivity index (χ0n) is 13.7. The van der Waals surface area contributed by atoms with Crippen molar-refractivity contribution in [3.05, 3.63) is 63.3 Å². The molecule has 0 atom stereocenters. The maximum atomic E-state index is 13.4. The molecule has 0 aliphatic heterocycles. The molecule has 4 nitrogen and oxygen atoms in total. The van der Waals surface area contributed by atoms with Crippen LogP contribution in [0.1, 0.15) is 25.3 Å². The summed E-state index contributed by atoms with van der Waals surface area (Å²) in [6.07, 6.45) is 0. The highest BCUT2D eigenvalue weighted by Crippen LogP contribution is 2.39. The number of hydrogen-bond donors (Lipinski definition) is 2. The summed E-state index contributed by atoms with van der Waals surface area (Å²) in [4.78, 5) is 16.5. The second-order valence-corrected chi connectivity index (χ2v) is 6.70. The Bertz CT molecular complexity index is 1160. The molecule has 0 radical (unpaired) electrons. The van der Waals surface area contributed by atoms with Crippen LogP contribution in [0.15, 0.2) is 41.2 Å². The lowest BCUT2D eigenvalue weighted by Gasteiger charge is -2.17. The summed E-state index contributed by atoms with van der Waals surface area (Å²) in [5, 5.41) is 7.20. The average Bonchev–Trinajstić information content (AvgIpc) is 2.93. The molecule has 0 spiro atoms. The van der Waals surface area contributed by atoms with E-state index in [1.807, 2.05) is 19.9 Å². The lowest BCUT2D eigenvalue weighted by atomic mass is 9.90. The molecule has 126 valence electrons. The van der Waals surface area contributed by atoms with Crippen molar-refractivity contribution in [2.24, 2.45) is 0 Å². The zero-order valence-corrected chi connectivity index (χ0v) is 14.4. The third-order valence-electron chi connectivity index (χ3n) is 4.38. The number of benzene rings is 2. The van der Waals surface area contributed by atoms with Crippen LogP contribution < -0.4 is 5.56 Å². The highest BCUT2D eigenvalue weighted by molar-refractivity contribution is 6.31. The molecule has 0 fully saturated rings. The minimum absolute atomic E-state index is 0.115. The van der Waals surface area contributed by atoms with E-state index in [2.05, 4.69) is 15.2 Å². The predicted octanol–water partition coefficient (Wildman–Crippen LogP) is 4.99. The quantitative estimate of drug-likeness (QED) is 0.498. The summed E-state index contributed by atoms with van der Waals surface area (Å²) in [5.74, 6) is -0.187. The first-order valence-corrected chi connectivity index (χ1v) is 8.33. The summed E-state index contributed by atoms with van der Waals surface area (Å²) in [5.41, 5.74) is 3.76. The molecule has 25 heavy (non-hydrogen) atoms. The van der Waals surface area contributed by atoms with Crippen LogP contribution in [0.5, 0.6) is 0 Å².